The van der Waals surface area contributed by atoms with E-state index < -0.39 is 6.03 Å². The van der Waals surface area contributed by atoms with Gasteiger partial charge in [-0.05, 0) is 54.6 Å². The van der Waals surface area contributed by atoms with Crippen LogP contribution in [0.25, 0.3) is 28.3 Å². The number of pyridine rings is 1. The lowest BCUT2D eigenvalue weighted by molar-refractivity contribution is 0.262. The number of carbonyl (C=O) groups is 1. The molecular formula is C23H15Cl2N7O. The zero-order valence-electron chi connectivity index (χ0n) is 16.9. The van der Waals surface area contributed by atoms with Gasteiger partial charge in [-0.3, -0.25) is 4.98 Å². The molecule has 0 unspecified atom stereocenters. The van der Waals surface area contributed by atoms with Gasteiger partial charge >= 0.3 is 6.03 Å². The lowest BCUT2D eigenvalue weighted by atomic mass is 10.1. The molecule has 8 nitrogen and oxygen atoms in total. The zero-order valence-corrected chi connectivity index (χ0v) is 18.4. The number of hydrogen-bond donors (Lipinski definition) is 2. The van der Waals surface area contributed by atoms with Crippen LogP contribution < -0.4 is 10.6 Å². The molecule has 0 aliphatic heterocycles. The van der Waals surface area contributed by atoms with E-state index in [4.69, 9.17) is 28.3 Å². The highest BCUT2D eigenvalue weighted by molar-refractivity contribution is 6.35. The van der Waals surface area contributed by atoms with E-state index in [0.29, 0.717) is 38.6 Å². The van der Waals surface area contributed by atoms with Crippen molar-refractivity contribution in [3.63, 3.8) is 0 Å². The molecular weight excluding hydrogens is 461 g/mol. The summed E-state index contributed by atoms with van der Waals surface area (Å²) < 4.78 is 1.68. The number of nitrogens with one attached hydrogen (secondary N) is 2. The molecule has 5 aromatic rings. The highest BCUT2D eigenvalue weighted by Gasteiger charge is 2.11. The van der Waals surface area contributed by atoms with Crippen LogP contribution >= 0.6 is 23.2 Å². The van der Waals surface area contributed by atoms with Gasteiger partial charge in [-0.2, -0.15) is 9.61 Å². The number of hydrogen-bond acceptors (Lipinski definition) is 5. The van der Waals surface area contributed by atoms with Gasteiger partial charge in [0.25, 0.3) is 0 Å². The van der Waals surface area contributed by atoms with Crippen LogP contribution in [0.1, 0.15) is 0 Å². The third-order valence-electron chi connectivity index (χ3n) is 4.74. The smallest absolute Gasteiger partial charge is 0.308 e. The van der Waals surface area contributed by atoms with Crippen molar-refractivity contribution < 1.29 is 4.79 Å². The number of aromatic nitrogens is 5. The van der Waals surface area contributed by atoms with Gasteiger partial charge in [-0.25, -0.2) is 4.79 Å². The molecule has 0 fully saturated rings. The van der Waals surface area contributed by atoms with Gasteiger partial charge in [0.1, 0.15) is 0 Å². The Kier molecular flexibility index (Phi) is 5.60. The summed E-state index contributed by atoms with van der Waals surface area (Å²) in [4.78, 5) is 16.5. The van der Waals surface area contributed by atoms with Crippen LogP contribution in [0.3, 0.4) is 0 Å². The Balaban J connectivity index is 1.40. The summed E-state index contributed by atoms with van der Waals surface area (Å²) in [5.41, 5.74) is 4.08. The van der Waals surface area contributed by atoms with Gasteiger partial charge in [0, 0.05) is 44.9 Å². The Morgan fingerprint density at radius 3 is 2.33 bits per heavy atom. The summed E-state index contributed by atoms with van der Waals surface area (Å²) in [6.45, 7) is 0. The number of nitrogens with zero attached hydrogens (tertiary/aromatic N) is 5. The van der Waals surface area contributed by atoms with Gasteiger partial charge < -0.3 is 10.6 Å². The van der Waals surface area contributed by atoms with Crippen LogP contribution in [-0.4, -0.2) is 30.8 Å². The molecule has 0 saturated heterocycles. The van der Waals surface area contributed by atoms with Crippen molar-refractivity contribution in [3.8, 4) is 22.6 Å². The molecule has 0 radical (unpaired) electrons. The van der Waals surface area contributed by atoms with Crippen molar-refractivity contribution in [3.05, 3.63) is 89.2 Å². The number of anilines is 2. The molecule has 0 bridgehead atoms. The van der Waals surface area contributed by atoms with Crippen molar-refractivity contribution >= 4 is 46.3 Å². The first-order chi connectivity index (χ1) is 16.0. The Bertz CT molecular complexity index is 1450. The third kappa shape index (κ3) is 4.62. The average Bonchev–Trinajstić information content (AvgIpc) is 3.22. The molecule has 0 saturated carbocycles. The lowest BCUT2D eigenvalue weighted by Crippen LogP contribution is -2.19. The Morgan fingerprint density at radius 2 is 1.55 bits per heavy atom. The maximum atomic E-state index is 12.4. The first-order valence-electron chi connectivity index (χ1n) is 9.82. The van der Waals surface area contributed by atoms with Crippen LogP contribution in [0.5, 0.6) is 0 Å². The van der Waals surface area contributed by atoms with E-state index in [1.54, 1.807) is 41.2 Å². The molecule has 0 aliphatic carbocycles. The first-order valence-corrected chi connectivity index (χ1v) is 10.6. The second-order valence-electron chi connectivity index (χ2n) is 7.07. The number of fused-ring (bicyclic) bond motifs is 1. The maximum absolute atomic E-state index is 12.4. The monoisotopic (exact) mass is 475 g/mol. The molecule has 3 heterocycles. The Morgan fingerprint density at radius 1 is 0.788 bits per heavy atom. The van der Waals surface area contributed by atoms with Gasteiger partial charge in [0.15, 0.2) is 11.5 Å². The summed E-state index contributed by atoms with van der Waals surface area (Å²) in [7, 11) is 0. The van der Waals surface area contributed by atoms with Crippen LogP contribution in [0.2, 0.25) is 10.0 Å². The largest absolute Gasteiger partial charge is 0.323 e. The predicted molar refractivity (Wildman–Crippen MR) is 129 cm³/mol. The SMILES string of the molecule is O=C(Nc1cc(Cl)cc(Cl)c1)Nc1cccc(-c2ccc3nnc(-c4ccncc4)n3n2)c1. The van der Waals surface area contributed by atoms with E-state index in [2.05, 4.69) is 25.8 Å². The molecule has 33 heavy (non-hydrogen) atoms. The lowest BCUT2D eigenvalue weighted by Gasteiger charge is -2.10. The van der Waals surface area contributed by atoms with Crippen molar-refractivity contribution in [2.45, 2.75) is 0 Å². The van der Waals surface area contributed by atoms with Gasteiger partial charge in [0.05, 0.1) is 5.69 Å². The summed E-state index contributed by atoms with van der Waals surface area (Å²) in [5, 5.41) is 19.5. The standard InChI is InChI=1S/C23H15Cl2N7O/c24-16-11-17(25)13-19(12-16)28-23(33)27-18-3-1-2-15(10-18)20-4-5-21-29-30-22(32(21)31-20)14-6-8-26-9-7-14/h1-13H,(H2,27,28,33). The maximum Gasteiger partial charge on any atom is 0.323 e. The van der Waals surface area contributed by atoms with Crippen molar-refractivity contribution in [1.29, 1.82) is 0 Å². The molecule has 162 valence electrons. The van der Waals surface area contributed by atoms with E-state index in [1.165, 1.54) is 0 Å². The average molecular weight is 476 g/mol. The van der Waals surface area contributed by atoms with Gasteiger partial charge in [-0.1, -0.05) is 35.3 Å². The Hall–Kier alpha value is -4.01. The van der Waals surface area contributed by atoms with Gasteiger partial charge in [-0.15, -0.1) is 10.2 Å². The molecule has 0 spiro atoms. The van der Waals surface area contributed by atoms with Crippen molar-refractivity contribution in [1.82, 2.24) is 24.8 Å². The quantitative estimate of drug-likeness (QED) is 0.342. The minimum Gasteiger partial charge on any atom is -0.308 e. The molecule has 10 heteroatoms. The highest BCUT2D eigenvalue weighted by Crippen LogP contribution is 2.25. The molecule has 5 rings (SSSR count). The second-order valence-corrected chi connectivity index (χ2v) is 7.94. The number of rotatable bonds is 4. The fourth-order valence-corrected chi connectivity index (χ4v) is 3.83. The first kappa shape index (κ1) is 20.9. The van der Waals surface area contributed by atoms with Crippen LogP contribution in [0.15, 0.2) is 79.1 Å². The second kappa shape index (κ2) is 8.85. The van der Waals surface area contributed by atoms with Crippen molar-refractivity contribution in [2.75, 3.05) is 10.6 Å². The van der Waals surface area contributed by atoms with E-state index in [1.807, 2.05) is 42.5 Å². The third-order valence-corrected chi connectivity index (χ3v) is 5.17. The molecule has 0 aliphatic rings. The molecule has 2 aromatic carbocycles. The number of carbonyl (C=O) groups excluding carboxylic acids is 1. The van der Waals surface area contributed by atoms with Crippen LogP contribution in [-0.2, 0) is 0 Å². The minimum atomic E-state index is -0.423. The minimum absolute atomic E-state index is 0.423. The topological polar surface area (TPSA) is 97.1 Å². The van der Waals surface area contributed by atoms with E-state index in [9.17, 15) is 4.79 Å². The van der Waals surface area contributed by atoms with Crippen molar-refractivity contribution in [2.24, 2.45) is 0 Å². The summed E-state index contributed by atoms with van der Waals surface area (Å²) >= 11 is 12.0. The fraction of sp³-hybridized carbons (Fsp3) is 0. The number of amides is 2. The molecule has 2 amide bonds. The van der Waals surface area contributed by atoms with Crippen LogP contribution in [0, 0.1) is 0 Å². The Labute approximate surface area is 198 Å². The van der Waals surface area contributed by atoms with Crippen LogP contribution in [0.4, 0.5) is 16.2 Å². The molecule has 3 aromatic heterocycles. The summed E-state index contributed by atoms with van der Waals surface area (Å²) in [5.74, 6) is 0.614. The van der Waals surface area contributed by atoms with E-state index in [-0.39, 0.29) is 0 Å². The van der Waals surface area contributed by atoms with E-state index >= 15 is 0 Å². The zero-order chi connectivity index (χ0) is 22.8. The predicted octanol–water partition coefficient (Wildman–Crippen LogP) is 5.80. The number of halogens is 2. The number of benzene rings is 2. The normalized spacial score (nSPS) is 10.8. The summed E-state index contributed by atoms with van der Waals surface area (Å²) in [6, 6.07) is 19.1. The van der Waals surface area contributed by atoms with Gasteiger partial charge in [0.2, 0.25) is 0 Å². The molecule has 2 N–H and O–H groups in total. The van der Waals surface area contributed by atoms with E-state index in [0.717, 1.165) is 11.1 Å². The number of urea groups is 1. The highest BCUT2D eigenvalue weighted by atomic mass is 35.5. The summed E-state index contributed by atoms with van der Waals surface area (Å²) in [6.07, 6.45) is 3.38. The fourth-order valence-electron chi connectivity index (χ4n) is 3.30. The molecule has 0 atom stereocenters.